The quantitative estimate of drug-likeness (QED) is 0.835. The van der Waals surface area contributed by atoms with E-state index in [9.17, 15) is 0 Å². The van der Waals surface area contributed by atoms with Crippen molar-refractivity contribution in [3.05, 3.63) is 29.7 Å². The Morgan fingerprint density at radius 1 is 1.47 bits per heavy atom. The minimum Gasteiger partial charge on any atom is -0.441 e. The average Bonchev–Trinajstić information content (AvgIpc) is 2.59. The van der Waals surface area contributed by atoms with Gasteiger partial charge in [0.1, 0.15) is 5.52 Å². The lowest BCUT2D eigenvalue weighted by Gasteiger charge is -2.03. The molecule has 0 bridgehead atoms. The zero-order chi connectivity index (χ0) is 10.8. The summed E-state index contributed by atoms with van der Waals surface area (Å²) >= 11 is 0. The molecule has 0 aliphatic carbocycles. The van der Waals surface area contributed by atoms with Gasteiger partial charge in [-0.15, -0.1) is 0 Å². The third-order valence-electron chi connectivity index (χ3n) is 2.55. The molecule has 1 unspecified atom stereocenters. The summed E-state index contributed by atoms with van der Waals surface area (Å²) in [7, 11) is 0. The van der Waals surface area contributed by atoms with Crippen LogP contribution in [0.1, 0.15) is 24.8 Å². The predicted molar refractivity (Wildman–Crippen MR) is 60.7 cm³/mol. The van der Waals surface area contributed by atoms with Gasteiger partial charge in [0.05, 0.1) is 0 Å². The van der Waals surface area contributed by atoms with E-state index in [0.717, 1.165) is 23.4 Å². The van der Waals surface area contributed by atoms with E-state index >= 15 is 0 Å². The second kappa shape index (κ2) is 4.03. The van der Waals surface area contributed by atoms with Crippen molar-refractivity contribution in [3.8, 4) is 0 Å². The Kier molecular flexibility index (Phi) is 2.73. The number of oxazole rings is 1. The maximum atomic E-state index is 5.86. The Morgan fingerprint density at radius 2 is 2.27 bits per heavy atom. The Balaban J connectivity index is 2.30. The van der Waals surface area contributed by atoms with E-state index in [4.69, 9.17) is 10.2 Å². The van der Waals surface area contributed by atoms with Crippen molar-refractivity contribution in [3.63, 3.8) is 0 Å². The zero-order valence-electron chi connectivity index (χ0n) is 9.16. The first-order valence-electron chi connectivity index (χ1n) is 5.30. The van der Waals surface area contributed by atoms with Crippen LogP contribution in [0.4, 0.5) is 0 Å². The van der Waals surface area contributed by atoms with E-state index in [0.29, 0.717) is 6.42 Å². The number of hydrogen-bond donors (Lipinski definition) is 1. The zero-order valence-corrected chi connectivity index (χ0v) is 9.16. The molecule has 1 atom stereocenters. The fraction of sp³-hybridized carbons (Fsp3) is 0.417. The summed E-state index contributed by atoms with van der Waals surface area (Å²) < 4.78 is 5.60. The molecule has 2 rings (SSSR count). The number of aryl methyl sites for hydroxylation is 1. The normalized spacial score (nSPS) is 13.3. The monoisotopic (exact) mass is 204 g/mol. The minimum atomic E-state index is 0.138. The third kappa shape index (κ3) is 2.18. The molecule has 3 heteroatoms. The Morgan fingerprint density at radius 3 is 3.00 bits per heavy atom. The molecule has 0 aliphatic rings. The Labute approximate surface area is 89.3 Å². The van der Waals surface area contributed by atoms with Crippen LogP contribution in [0.15, 0.2) is 22.6 Å². The average molecular weight is 204 g/mol. The molecule has 80 valence electrons. The van der Waals surface area contributed by atoms with Gasteiger partial charge in [-0.2, -0.15) is 0 Å². The Hall–Kier alpha value is -1.35. The van der Waals surface area contributed by atoms with Gasteiger partial charge < -0.3 is 10.2 Å². The van der Waals surface area contributed by atoms with E-state index < -0.39 is 0 Å². The molecule has 15 heavy (non-hydrogen) atoms. The summed E-state index contributed by atoms with van der Waals surface area (Å²) in [5.41, 5.74) is 8.82. The van der Waals surface area contributed by atoms with E-state index in [1.165, 1.54) is 5.56 Å². The van der Waals surface area contributed by atoms with Gasteiger partial charge in [-0.1, -0.05) is 13.0 Å². The third-order valence-corrected chi connectivity index (χ3v) is 2.55. The van der Waals surface area contributed by atoms with E-state index in [1.807, 2.05) is 25.1 Å². The lowest BCUT2D eigenvalue weighted by atomic mass is 10.2. The van der Waals surface area contributed by atoms with Gasteiger partial charge in [-0.05, 0) is 31.0 Å². The topological polar surface area (TPSA) is 52.0 Å². The lowest BCUT2D eigenvalue weighted by molar-refractivity contribution is 0.491. The van der Waals surface area contributed by atoms with Gasteiger partial charge in [0.2, 0.25) is 0 Å². The van der Waals surface area contributed by atoms with Crippen molar-refractivity contribution < 1.29 is 4.42 Å². The summed E-state index contributed by atoms with van der Waals surface area (Å²) in [6.45, 7) is 4.11. The summed E-state index contributed by atoms with van der Waals surface area (Å²) in [6, 6.07) is 6.15. The van der Waals surface area contributed by atoms with Gasteiger partial charge >= 0.3 is 0 Å². The highest BCUT2D eigenvalue weighted by Crippen LogP contribution is 2.17. The van der Waals surface area contributed by atoms with Crippen LogP contribution >= 0.6 is 0 Å². The molecule has 0 saturated carbocycles. The fourth-order valence-electron chi connectivity index (χ4n) is 1.54. The molecule has 1 heterocycles. The first kappa shape index (κ1) is 10.2. The highest BCUT2D eigenvalue weighted by atomic mass is 16.3. The van der Waals surface area contributed by atoms with E-state index in [1.54, 1.807) is 0 Å². The molecule has 0 radical (unpaired) electrons. The minimum absolute atomic E-state index is 0.138. The predicted octanol–water partition coefficient (Wildman–Crippen LogP) is 2.42. The molecular formula is C12H16N2O. The highest BCUT2D eigenvalue weighted by Gasteiger charge is 2.08. The van der Waals surface area contributed by atoms with Crippen LogP contribution in [-0.2, 0) is 6.42 Å². The van der Waals surface area contributed by atoms with Crippen LogP contribution in [-0.4, -0.2) is 11.0 Å². The van der Waals surface area contributed by atoms with E-state index in [2.05, 4.69) is 11.9 Å². The number of aromatic nitrogens is 1. The number of fused-ring (bicyclic) bond motifs is 1. The maximum absolute atomic E-state index is 5.86. The molecule has 0 saturated heterocycles. The SMILES string of the molecule is CCC(N)Cc1nc2cc(C)ccc2o1. The van der Waals surface area contributed by atoms with Crippen molar-refractivity contribution in [2.24, 2.45) is 5.73 Å². The second-order valence-corrected chi connectivity index (χ2v) is 3.95. The molecule has 2 aromatic rings. The smallest absolute Gasteiger partial charge is 0.197 e. The number of hydrogen-bond acceptors (Lipinski definition) is 3. The molecule has 0 aliphatic heterocycles. The molecule has 2 N–H and O–H groups in total. The van der Waals surface area contributed by atoms with Crippen molar-refractivity contribution in [1.29, 1.82) is 0 Å². The van der Waals surface area contributed by atoms with Gasteiger partial charge in [-0.25, -0.2) is 4.98 Å². The highest BCUT2D eigenvalue weighted by molar-refractivity contribution is 5.73. The summed E-state index contributed by atoms with van der Waals surface area (Å²) in [4.78, 5) is 4.41. The van der Waals surface area contributed by atoms with Crippen LogP contribution in [0.2, 0.25) is 0 Å². The number of nitrogens with two attached hydrogens (primary N) is 1. The van der Waals surface area contributed by atoms with Crippen molar-refractivity contribution >= 4 is 11.1 Å². The second-order valence-electron chi connectivity index (χ2n) is 3.95. The molecule has 1 aromatic heterocycles. The lowest BCUT2D eigenvalue weighted by Crippen LogP contribution is -2.21. The van der Waals surface area contributed by atoms with E-state index in [-0.39, 0.29) is 6.04 Å². The van der Waals surface area contributed by atoms with Crippen molar-refractivity contribution in [2.45, 2.75) is 32.7 Å². The van der Waals surface area contributed by atoms with Crippen LogP contribution < -0.4 is 5.73 Å². The molecule has 0 amide bonds. The first-order valence-corrected chi connectivity index (χ1v) is 5.30. The van der Waals surface area contributed by atoms with Crippen LogP contribution in [0.5, 0.6) is 0 Å². The summed E-state index contributed by atoms with van der Waals surface area (Å²) in [5.74, 6) is 0.741. The molecule has 3 nitrogen and oxygen atoms in total. The number of nitrogens with zero attached hydrogens (tertiary/aromatic N) is 1. The van der Waals surface area contributed by atoms with Gasteiger partial charge in [-0.3, -0.25) is 0 Å². The van der Waals surface area contributed by atoms with Crippen LogP contribution in [0.3, 0.4) is 0 Å². The Bertz CT molecular complexity index is 462. The number of rotatable bonds is 3. The van der Waals surface area contributed by atoms with Gasteiger partial charge in [0, 0.05) is 12.5 Å². The molecule has 0 spiro atoms. The van der Waals surface area contributed by atoms with Crippen molar-refractivity contribution in [1.82, 2.24) is 4.98 Å². The van der Waals surface area contributed by atoms with Gasteiger partial charge in [0.15, 0.2) is 11.5 Å². The maximum Gasteiger partial charge on any atom is 0.197 e. The summed E-state index contributed by atoms with van der Waals surface area (Å²) in [5, 5.41) is 0. The standard InChI is InChI=1S/C12H16N2O/c1-3-9(13)7-12-14-10-6-8(2)4-5-11(10)15-12/h4-6,9H,3,7,13H2,1-2H3. The van der Waals surface area contributed by atoms with Gasteiger partial charge in [0.25, 0.3) is 0 Å². The largest absolute Gasteiger partial charge is 0.441 e. The fourth-order valence-corrected chi connectivity index (χ4v) is 1.54. The molecular weight excluding hydrogens is 188 g/mol. The first-order chi connectivity index (χ1) is 7.19. The summed E-state index contributed by atoms with van der Waals surface area (Å²) in [6.07, 6.45) is 1.65. The van der Waals surface area contributed by atoms with Crippen LogP contribution in [0.25, 0.3) is 11.1 Å². The van der Waals surface area contributed by atoms with Crippen LogP contribution in [0, 0.1) is 6.92 Å². The van der Waals surface area contributed by atoms with Crippen molar-refractivity contribution in [2.75, 3.05) is 0 Å². The number of benzene rings is 1. The molecule has 1 aromatic carbocycles. The molecule has 0 fully saturated rings.